The van der Waals surface area contributed by atoms with Gasteiger partial charge in [0.25, 0.3) is 0 Å². The highest BCUT2D eigenvalue weighted by molar-refractivity contribution is 5.88. The lowest BCUT2D eigenvalue weighted by Gasteiger charge is -2.08. The van der Waals surface area contributed by atoms with Crippen LogP contribution in [0.15, 0.2) is 46.9 Å². The number of carbonyl (C=O) groups excluding carboxylic acids is 2. The van der Waals surface area contributed by atoms with Crippen LogP contribution in [0.5, 0.6) is 0 Å². The Morgan fingerprint density at radius 2 is 1.48 bits per heavy atom. The molecule has 3 aromatic rings. The maximum absolute atomic E-state index is 12.4. The molecule has 2 N–H and O–H groups in total. The first-order chi connectivity index (χ1) is 15.2. The van der Waals surface area contributed by atoms with E-state index < -0.39 is 0 Å². The molecule has 31 heavy (non-hydrogen) atoms. The number of aromatic nitrogens is 1. The van der Waals surface area contributed by atoms with E-state index in [4.69, 9.17) is 4.42 Å². The van der Waals surface area contributed by atoms with E-state index in [-0.39, 0.29) is 23.7 Å². The van der Waals surface area contributed by atoms with Gasteiger partial charge in [-0.05, 0) is 74.2 Å². The van der Waals surface area contributed by atoms with E-state index in [9.17, 15) is 9.59 Å². The number of nitrogens with one attached hydrogen (secondary N) is 2. The number of oxazole rings is 1. The molecular formula is C25H27N3O3. The fraction of sp³-hybridized carbons (Fsp3) is 0.400. The summed E-state index contributed by atoms with van der Waals surface area (Å²) in [6, 6.07) is 13.6. The van der Waals surface area contributed by atoms with Crippen molar-refractivity contribution < 1.29 is 14.0 Å². The van der Waals surface area contributed by atoms with Gasteiger partial charge in [0, 0.05) is 18.4 Å². The fourth-order valence-corrected chi connectivity index (χ4v) is 4.54. The molecule has 6 nitrogen and oxygen atoms in total. The molecular weight excluding hydrogens is 390 g/mol. The zero-order valence-electron chi connectivity index (χ0n) is 17.5. The van der Waals surface area contributed by atoms with Gasteiger partial charge in [0.15, 0.2) is 17.1 Å². The minimum absolute atomic E-state index is 0.00208. The predicted octanol–water partition coefficient (Wildman–Crippen LogP) is 3.22. The average Bonchev–Trinajstić information content (AvgIpc) is 3.55. The van der Waals surface area contributed by atoms with E-state index in [0.29, 0.717) is 24.3 Å². The number of carbonyl (C=O) groups is 2. The van der Waals surface area contributed by atoms with Crippen LogP contribution in [0, 0.1) is 0 Å². The summed E-state index contributed by atoms with van der Waals surface area (Å²) in [7, 11) is 0. The second kappa shape index (κ2) is 8.73. The van der Waals surface area contributed by atoms with Gasteiger partial charge in [0.1, 0.15) is 5.52 Å². The van der Waals surface area contributed by atoms with E-state index in [1.807, 2.05) is 42.5 Å². The Bertz CT molecular complexity index is 1090. The number of hydrogen-bond acceptors (Lipinski definition) is 6. The Balaban J connectivity index is 1.28. The van der Waals surface area contributed by atoms with Crippen LogP contribution < -0.4 is 10.6 Å². The van der Waals surface area contributed by atoms with Crippen molar-refractivity contribution in [2.45, 2.75) is 50.6 Å². The molecule has 0 radical (unpaired) electrons. The van der Waals surface area contributed by atoms with Gasteiger partial charge in [-0.2, -0.15) is 0 Å². The Kier molecular flexibility index (Phi) is 5.66. The third-order valence-electron chi connectivity index (χ3n) is 6.31. The number of fused-ring (bicyclic) bond motifs is 1. The second-order valence-corrected chi connectivity index (χ2v) is 8.60. The molecule has 0 bridgehead atoms. The SMILES string of the molecule is O=C(Cc1ccc(-c2nc3cc(CC(=O)[C@@H]4CCCN4)ccc3o2)cc1)[C@@H]1CCCN1. The number of nitrogens with zero attached hydrogens (tertiary/aromatic N) is 1. The predicted molar refractivity (Wildman–Crippen MR) is 119 cm³/mol. The minimum Gasteiger partial charge on any atom is -0.436 e. The highest BCUT2D eigenvalue weighted by atomic mass is 16.3. The topological polar surface area (TPSA) is 84.2 Å². The van der Waals surface area contributed by atoms with Crippen LogP contribution in [0.1, 0.15) is 36.8 Å². The zero-order valence-corrected chi connectivity index (χ0v) is 17.5. The summed E-state index contributed by atoms with van der Waals surface area (Å²) >= 11 is 0. The lowest BCUT2D eigenvalue weighted by Crippen LogP contribution is -2.31. The van der Waals surface area contributed by atoms with Crippen molar-refractivity contribution in [3.8, 4) is 11.5 Å². The number of Topliss-reactive ketones (excluding diaryl/α,β-unsaturated/α-hetero) is 2. The molecule has 160 valence electrons. The van der Waals surface area contributed by atoms with Gasteiger partial charge in [0.05, 0.1) is 12.1 Å². The van der Waals surface area contributed by atoms with Crippen molar-refractivity contribution in [2.75, 3.05) is 13.1 Å². The number of benzene rings is 2. The Labute approximate surface area is 181 Å². The van der Waals surface area contributed by atoms with E-state index in [0.717, 1.165) is 61.0 Å². The normalized spacial score (nSPS) is 21.0. The van der Waals surface area contributed by atoms with Gasteiger partial charge in [-0.1, -0.05) is 18.2 Å². The molecule has 0 spiro atoms. The lowest BCUT2D eigenvalue weighted by molar-refractivity contribution is -0.120. The van der Waals surface area contributed by atoms with Gasteiger partial charge in [-0.15, -0.1) is 0 Å². The summed E-state index contributed by atoms with van der Waals surface area (Å²) in [5.74, 6) is 1.03. The van der Waals surface area contributed by atoms with Crippen molar-refractivity contribution in [1.82, 2.24) is 15.6 Å². The smallest absolute Gasteiger partial charge is 0.227 e. The first kappa shape index (κ1) is 20.1. The van der Waals surface area contributed by atoms with Crippen molar-refractivity contribution >= 4 is 22.7 Å². The molecule has 0 aliphatic carbocycles. The Morgan fingerprint density at radius 1 is 0.871 bits per heavy atom. The van der Waals surface area contributed by atoms with Crippen LogP contribution in [0.4, 0.5) is 0 Å². The summed E-state index contributed by atoms with van der Waals surface area (Å²) in [4.78, 5) is 29.4. The van der Waals surface area contributed by atoms with E-state index in [1.54, 1.807) is 0 Å². The molecule has 2 fully saturated rings. The Morgan fingerprint density at radius 3 is 2.10 bits per heavy atom. The lowest BCUT2D eigenvalue weighted by atomic mass is 10.0. The third kappa shape index (κ3) is 4.45. The minimum atomic E-state index is -0.0154. The quantitative estimate of drug-likeness (QED) is 0.614. The van der Waals surface area contributed by atoms with Gasteiger partial charge in [-0.25, -0.2) is 4.98 Å². The molecule has 2 aliphatic rings. The van der Waals surface area contributed by atoms with Crippen LogP contribution in [-0.4, -0.2) is 41.7 Å². The number of ketones is 2. The summed E-state index contributed by atoms with van der Waals surface area (Å²) < 4.78 is 5.93. The molecule has 6 heteroatoms. The van der Waals surface area contributed by atoms with Crippen LogP contribution in [-0.2, 0) is 22.4 Å². The van der Waals surface area contributed by atoms with E-state index in [1.165, 1.54) is 0 Å². The summed E-state index contributed by atoms with van der Waals surface area (Å²) in [6.45, 7) is 1.85. The molecule has 0 saturated carbocycles. The largest absolute Gasteiger partial charge is 0.436 e. The highest BCUT2D eigenvalue weighted by Crippen LogP contribution is 2.26. The highest BCUT2D eigenvalue weighted by Gasteiger charge is 2.23. The van der Waals surface area contributed by atoms with Crippen molar-refractivity contribution in [1.29, 1.82) is 0 Å². The zero-order chi connectivity index (χ0) is 21.2. The molecule has 2 aromatic carbocycles. The van der Waals surface area contributed by atoms with Crippen molar-refractivity contribution in [3.05, 3.63) is 53.6 Å². The molecule has 2 saturated heterocycles. The van der Waals surface area contributed by atoms with Gasteiger partial charge >= 0.3 is 0 Å². The monoisotopic (exact) mass is 417 g/mol. The van der Waals surface area contributed by atoms with E-state index in [2.05, 4.69) is 15.6 Å². The maximum Gasteiger partial charge on any atom is 0.227 e. The van der Waals surface area contributed by atoms with Crippen LogP contribution in [0.2, 0.25) is 0 Å². The molecule has 1 aromatic heterocycles. The standard InChI is InChI=1S/C25H27N3O3/c29-22(19-3-1-11-26-19)14-16-5-8-18(9-6-16)25-28-21-13-17(7-10-24(21)31-25)15-23(30)20-4-2-12-27-20/h5-10,13,19-20,26-27H,1-4,11-12,14-15H2/t19-,20-/m0/s1. The van der Waals surface area contributed by atoms with Gasteiger partial charge in [-0.3, -0.25) is 9.59 Å². The maximum atomic E-state index is 12.4. The average molecular weight is 418 g/mol. The van der Waals surface area contributed by atoms with Crippen LogP contribution in [0.3, 0.4) is 0 Å². The number of hydrogen-bond donors (Lipinski definition) is 2. The van der Waals surface area contributed by atoms with E-state index >= 15 is 0 Å². The Hall–Kier alpha value is -2.83. The molecule has 0 unspecified atom stereocenters. The first-order valence-electron chi connectivity index (χ1n) is 11.2. The summed E-state index contributed by atoms with van der Waals surface area (Å²) in [5, 5.41) is 6.52. The first-order valence-corrected chi connectivity index (χ1v) is 11.2. The van der Waals surface area contributed by atoms with Gasteiger partial charge in [0.2, 0.25) is 5.89 Å². The third-order valence-corrected chi connectivity index (χ3v) is 6.31. The van der Waals surface area contributed by atoms with Crippen molar-refractivity contribution in [3.63, 3.8) is 0 Å². The molecule has 2 atom stereocenters. The molecule has 5 rings (SSSR count). The molecule has 2 aliphatic heterocycles. The van der Waals surface area contributed by atoms with Crippen molar-refractivity contribution in [2.24, 2.45) is 0 Å². The fourth-order valence-electron chi connectivity index (χ4n) is 4.54. The van der Waals surface area contributed by atoms with Gasteiger partial charge < -0.3 is 15.1 Å². The second-order valence-electron chi connectivity index (χ2n) is 8.60. The summed E-state index contributed by atoms with van der Waals surface area (Å²) in [6.07, 6.45) is 4.85. The van der Waals surface area contributed by atoms with Crippen LogP contribution >= 0.6 is 0 Å². The van der Waals surface area contributed by atoms with Crippen LogP contribution in [0.25, 0.3) is 22.6 Å². The number of rotatable bonds is 7. The molecule has 0 amide bonds. The molecule has 3 heterocycles. The summed E-state index contributed by atoms with van der Waals surface area (Å²) in [5.41, 5.74) is 4.29.